The van der Waals surface area contributed by atoms with Crippen LogP contribution in [0.4, 0.5) is 0 Å². The molecule has 0 saturated carbocycles. The molecule has 0 aliphatic rings. The van der Waals surface area contributed by atoms with Gasteiger partial charge in [-0.05, 0) is 23.0 Å². The van der Waals surface area contributed by atoms with Gasteiger partial charge in [-0.2, -0.15) is 0 Å². The van der Waals surface area contributed by atoms with E-state index in [1.165, 1.54) is 62.5 Å². The summed E-state index contributed by atoms with van der Waals surface area (Å²) in [5.41, 5.74) is 2.96. The quantitative estimate of drug-likeness (QED) is 0.413. The van der Waals surface area contributed by atoms with Crippen LogP contribution >= 0.6 is 0 Å². The molecule has 1 aromatic carbocycles. The maximum absolute atomic E-state index is 3.81. The zero-order chi connectivity index (χ0) is 14.8. The third-order valence-electron chi connectivity index (χ3n) is 4.33. The van der Waals surface area contributed by atoms with Crippen molar-refractivity contribution in [1.82, 2.24) is 0 Å². The Balaban J connectivity index is 2.31. The summed E-state index contributed by atoms with van der Waals surface area (Å²) in [4.78, 5) is 0. The van der Waals surface area contributed by atoms with Crippen LogP contribution in [0.1, 0.15) is 83.3 Å². The van der Waals surface area contributed by atoms with Crippen LogP contribution in [0, 0.1) is 0 Å². The second-order valence-electron chi connectivity index (χ2n) is 6.58. The molecule has 0 nitrogen and oxygen atoms in total. The summed E-state index contributed by atoms with van der Waals surface area (Å²) in [7, 11) is 0. The van der Waals surface area contributed by atoms with E-state index in [-0.39, 0.29) is 0 Å². The maximum atomic E-state index is 3.81. The number of rotatable bonds is 10. The third-order valence-corrected chi connectivity index (χ3v) is 4.33. The van der Waals surface area contributed by atoms with Crippen LogP contribution in [0.2, 0.25) is 0 Å². The molecule has 0 N–H and O–H groups in total. The van der Waals surface area contributed by atoms with Crippen molar-refractivity contribution in [2.45, 2.75) is 77.6 Å². The molecule has 0 saturated heterocycles. The first-order chi connectivity index (χ1) is 9.60. The van der Waals surface area contributed by atoms with E-state index >= 15 is 0 Å². The van der Waals surface area contributed by atoms with Gasteiger partial charge in [-0.1, -0.05) is 103 Å². The zero-order valence-electron chi connectivity index (χ0n) is 13.8. The molecular weight excluding hydrogens is 240 g/mol. The molecule has 112 valence electrons. The molecule has 0 atom stereocenters. The lowest BCUT2D eigenvalue weighted by Gasteiger charge is -2.25. The van der Waals surface area contributed by atoms with Gasteiger partial charge in [0.05, 0.1) is 0 Å². The Bertz CT molecular complexity index is 370. The average Bonchev–Trinajstić information content (AvgIpc) is 2.46. The van der Waals surface area contributed by atoms with E-state index in [0.29, 0.717) is 5.41 Å². The van der Waals surface area contributed by atoms with Gasteiger partial charge in [-0.15, -0.1) is 0 Å². The first kappa shape index (κ1) is 17.0. The predicted molar refractivity (Wildman–Crippen MR) is 92.2 cm³/mol. The molecule has 0 unspecified atom stereocenters. The summed E-state index contributed by atoms with van der Waals surface area (Å²) >= 11 is 0. The minimum Gasteiger partial charge on any atom is -0.0985 e. The Morgan fingerprint density at radius 1 is 0.900 bits per heavy atom. The molecule has 0 heterocycles. The Morgan fingerprint density at radius 3 is 2.00 bits per heavy atom. The molecule has 0 amide bonds. The summed E-state index contributed by atoms with van der Waals surface area (Å²) in [6.07, 6.45) is 12.9. The SMILES string of the molecule is C=Cc1ccc(C(C)(C)CCCCCCCCC)cc1. The minimum atomic E-state index is 0.295. The van der Waals surface area contributed by atoms with Crippen LogP contribution in [0.5, 0.6) is 0 Å². The molecule has 20 heavy (non-hydrogen) atoms. The fraction of sp³-hybridized carbons (Fsp3) is 0.600. The van der Waals surface area contributed by atoms with Crippen LogP contribution in [-0.2, 0) is 5.41 Å². The molecule has 0 aliphatic heterocycles. The van der Waals surface area contributed by atoms with Crippen molar-refractivity contribution in [2.24, 2.45) is 0 Å². The van der Waals surface area contributed by atoms with Gasteiger partial charge in [-0.25, -0.2) is 0 Å². The molecule has 1 aromatic rings. The van der Waals surface area contributed by atoms with E-state index in [2.05, 4.69) is 51.6 Å². The lowest BCUT2D eigenvalue weighted by atomic mass is 9.79. The summed E-state index contributed by atoms with van der Waals surface area (Å²) in [5, 5.41) is 0. The van der Waals surface area contributed by atoms with Gasteiger partial charge in [-0.3, -0.25) is 0 Å². The Kier molecular flexibility index (Phi) is 7.65. The van der Waals surface area contributed by atoms with E-state index in [4.69, 9.17) is 0 Å². The standard InChI is InChI=1S/C20H32/c1-5-7-8-9-10-11-12-17-20(3,4)19-15-13-18(6-2)14-16-19/h6,13-16H,2,5,7-12,17H2,1,3-4H3. The highest BCUT2D eigenvalue weighted by Gasteiger charge is 2.19. The summed E-state index contributed by atoms with van der Waals surface area (Å²) in [5.74, 6) is 0. The number of hydrogen-bond donors (Lipinski definition) is 0. The van der Waals surface area contributed by atoms with Crippen molar-refractivity contribution in [3.05, 3.63) is 42.0 Å². The van der Waals surface area contributed by atoms with Crippen molar-refractivity contribution < 1.29 is 0 Å². The number of hydrogen-bond acceptors (Lipinski definition) is 0. The first-order valence-electron chi connectivity index (χ1n) is 8.33. The van der Waals surface area contributed by atoms with Gasteiger partial charge < -0.3 is 0 Å². The smallest absolute Gasteiger partial charge is 0.0104 e. The van der Waals surface area contributed by atoms with Crippen molar-refractivity contribution >= 4 is 6.08 Å². The van der Waals surface area contributed by atoms with Crippen LogP contribution in [-0.4, -0.2) is 0 Å². The van der Waals surface area contributed by atoms with E-state index in [1.807, 2.05) is 6.08 Å². The predicted octanol–water partition coefficient (Wildman–Crippen LogP) is 6.75. The molecule has 0 bridgehead atoms. The average molecular weight is 272 g/mol. The van der Waals surface area contributed by atoms with Crippen molar-refractivity contribution in [3.8, 4) is 0 Å². The minimum absolute atomic E-state index is 0.295. The highest BCUT2D eigenvalue weighted by Crippen LogP contribution is 2.29. The van der Waals surface area contributed by atoms with Gasteiger partial charge in [0.15, 0.2) is 0 Å². The third kappa shape index (κ3) is 5.94. The normalized spacial score (nSPS) is 11.6. The maximum Gasteiger partial charge on any atom is -0.0104 e. The molecule has 0 spiro atoms. The summed E-state index contributed by atoms with van der Waals surface area (Å²) in [6.45, 7) is 10.8. The highest BCUT2D eigenvalue weighted by molar-refractivity contribution is 5.47. The second-order valence-corrected chi connectivity index (χ2v) is 6.58. The number of benzene rings is 1. The Hall–Kier alpha value is -1.04. The van der Waals surface area contributed by atoms with Crippen molar-refractivity contribution in [2.75, 3.05) is 0 Å². The van der Waals surface area contributed by atoms with Gasteiger partial charge in [0.2, 0.25) is 0 Å². The van der Waals surface area contributed by atoms with Crippen LogP contribution in [0.3, 0.4) is 0 Å². The van der Waals surface area contributed by atoms with Gasteiger partial charge in [0.1, 0.15) is 0 Å². The molecule has 0 fully saturated rings. The Morgan fingerprint density at radius 2 is 1.45 bits per heavy atom. The van der Waals surface area contributed by atoms with Crippen LogP contribution in [0.15, 0.2) is 30.8 Å². The molecule has 0 heteroatoms. The zero-order valence-corrected chi connectivity index (χ0v) is 13.8. The monoisotopic (exact) mass is 272 g/mol. The van der Waals surface area contributed by atoms with E-state index in [0.717, 1.165) is 0 Å². The molecule has 0 radical (unpaired) electrons. The number of unbranched alkanes of at least 4 members (excludes halogenated alkanes) is 6. The van der Waals surface area contributed by atoms with Gasteiger partial charge in [0, 0.05) is 0 Å². The summed E-state index contributed by atoms with van der Waals surface area (Å²) < 4.78 is 0. The second kappa shape index (κ2) is 9.00. The fourth-order valence-corrected chi connectivity index (χ4v) is 2.74. The first-order valence-corrected chi connectivity index (χ1v) is 8.33. The molecule has 0 aliphatic carbocycles. The topological polar surface area (TPSA) is 0 Å². The van der Waals surface area contributed by atoms with Gasteiger partial charge in [0.25, 0.3) is 0 Å². The van der Waals surface area contributed by atoms with Crippen LogP contribution < -0.4 is 0 Å². The van der Waals surface area contributed by atoms with Crippen molar-refractivity contribution in [3.63, 3.8) is 0 Å². The van der Waals surface area contributed by atoms with Gasteiger partial charge >= 0.3 is 0 Å². The van der Waals surface area contributed by atoms with E-state index in [1.54, 1.807) is 0 Å². The Labute approximate surface area is 126 Å². The molecule has 0 aromatic heterocycles. The van der Waals surface area contributed by atoms with E-state index in [9.17, 15) is 0 Å². The highest BCUT2D eigenvalue weighted by atomic mass is 14.2. The van der Waals surface area contributed by atoms with Crippen LogP contribution in [0.25, 0.3) is 6.08 Å². The largest absolute Gasteiger partial charge is 0.0985 e. The molecular formula is C20H32. The molecule has 1 rings (SSSR count). The van der Waals surface area contributed by atoms with Crippen molar-refractivity contribution in [1.29, 1.82) is 0 Å². The lowest BCUT2D eigenvalue weighted by Crippen LogP contribution is -2.16. The fourth-order valence-electron chi connectivity index (χ4n) is 2.74. The lowest BCUT2D eigenvalue weighted by molar-refractivity contribution is 0.442. The van der Waals surface area contributed by atoms with E-state index < -0.39 is 0 Å². The summed E-state index contributed by atoms with van der Waals surface area (Å²) in [6, 6.07) is 8.88.